The molecule has 0 nitrogen and oxygen atoms in total. The second-order valence-corrected chi connectivity index (χ2v) is 6.52. The highest BCUT2D eigenvalue weighted by atomic mass is 79.9. The summed E-state index contributed by atoms with van der Waals surface area (Å²) < 4.78 is 0. The van der Waals surface area contributed by atoms with Crippen molar-refractivity contribution in [2.75, 3.05) is 11.1 Å². The molecule has 0 aliphatic carbocycles. The first-order valence-electron chi connectivity index (χ1n) is 6.90. The number of unbranched alkanes of at least 4 members (excludes halogenated alkanes) is 1. The van der Waals surface area contributed by atoms with Crippen LogP contribution in [0.25, 0.3) is 12.2 Å². The zero-order valence-corrected chi connectivity index (χ0v) is 13.9. The second kappa shape index (κ2) is 9.04. The van der Waals surface area contributed by atoms with Crippen LogP contribution in [0.4, 0.5) is 0 Å². The molecule has 0 fully saturated rings. The van der Waals surface area contributed by atoms with E-state index in [0.29, 0.717) is 0 Å². The lowest BCUT2D eigenvalue weighted by Gasteiger charge is -2.01. The van der Waals surface area contributed by atoms with Crippen LogP contribution in [0.15, 0.2) is 59.5 Å². The van der Waals surface area contributed by atoms with Gasteiger partial charge in [-0.15, -0.1) is 11.8 Å². The molecule has 20 heavy (non-hydrogen) atoms. The van der Waals surface area contributed by atoms with Gasteiger partial charge in [0.05, 0.1) is 0 Å². The van der Waals surface area contributed by atoms with Gasteiger partial charge in [-0.25, -0.2) is 0 Å². The molecule has 0 unspecified atom stereocenters. The average molecular weight is 347 g/mol. The van der Waals surface area contributed by atoms with E-state index in [1.54, 1.807) is 0 Å². The molecule has 0 aliphatic rings. The molecule has 0 saturated heterocycles. The topological polar surface area (TPSA) is 0 Å². The third kappa shape index (κ3) is 5.56. The summed E-state index contributed by atoms with van der Waals surface area (Å²) in [5.74, 6) is 1.20. The molecule has 2 heteroatoms. The van der Waals surface area contributed by atoms with Gasteiger partial charge in [-0.2, -0.15) is 0 Å². The van der Waals surface area contributed by atoms with Crippen molar-refractivity contribution < 1.29 is 0 Å². The average Bonchev–Trinajstić information content (AvgIpc) is 2.52. The summed E-state index contributed by atoms with van der Waals surface area (Å²) in [4.78, 5) is 1.36. The molecule has 2 aromatic carbocycles. The quantitative estimate of drug-likeness (QED) is 0.251. The lowest BCUT2D eigenvalue weighted by Crippen LogP contribution is -1.81. The number of alkyl halides is 1. The Morgan fingerprint density at radius 3 is 2.10 bits per heavy atom. The predicted molar refractivity (Wildman–Crippen MR) is 95.6 cm³/mol. The van der Waals surface area contributed by atoms with E-state index in [0.717, 1.165) is 5.33 Å². The molecule has 0 atom stereocenters. The highest BCUT2D eigenvalue weighted by Crippen LogP contribution is 2.20. The number of benzene rings is 2. The molecule has 0 aromatic heterocycles. The van der Waals surface area contributed by atoms with Gasteiger partial charge in [0, 0.05) is 10.2 Å². The minimum Gasteiger partial charge on any atom is -0.126 e. The fourth-order valence-corrected chi connectivity index (χ4v) is 3.13. The zero-order valence-electron chi connectivity index (χ0n) is 11.5. The maximum absolute atomic E-state index is 3.46. The number of halogens is 1. The van der Waals surface area contributed by atoms with Crippen molar-refractivity contribution >= 4 is 39.8 Å². The van der Waals surface area contributed by atoms with Crippen molar-refractivity contribution in [2.24, 2.45) is 0 Å². The molecule has 0 heterocycles. The van der Waals surface area contributed by atoms with Gasteiger partial charge in [-0.05, 0) is 41.9 Å². The highest BCUT2D eigenvalue weighted by Gasteiger charge is 1.94. The lowest BCUT2D eigenvalue weighted by molar-refractivity contribution is 0.913. The largest absolute Gasteiger partial charge is 0.126 e. The summed E-state index contributed by atoms with van der Waals surface area (Å²) in [6.45, 7) is 0. The van der Waals surface area contributed by atoms with Gasteiger partial charge in [-0.1, -0.05) is 70.5 Å². The predicted octanol–water partition coefficient (Wildman–Crippen LogP) is 6.12. The smallest absolute Gasteiger partial charge is 0.00723 e. The van der Waals surface area contributed by atoms with Gasteiger partial charge >= 0.3 is 0 Å². The van der Waals surface area contributed by atoms with Crippen molar-refractivity contribution in [1.82, 2.24) is 0 Å². The molecule has 0 saturated carbocycles. The Hall–Kier alpha value is -0.990. The Balaban J connectivity index is 1.87. The van der Waals surface area contributed by atoms with Crippen molar-refractivity contribution in [2.45, 2.75) is 17.7 Å². The second-order valence-electron chi connectivity index (χ2n) is 4.56. The van der Waals surface area contributed by atoms with Crippen LogP contribution in [0, 0.1) is 0 Å². The number of rotatable bonds is 7. The first-order valence-corrected chi connectivity index (χ1v) is 9.01. The van der Waals surface area contributed by atoms with Crippen LogP contribution in [0.2, 0.25) is 0 Å². The summed E-state index contributed by atoms with van der Waals surface area (Å²) in [6, 6.07) is 19.2. The van der Waals surface area contributed by atoms with E-state index in [2.05, 4.69) is 76.6 Å². The molecule has 0 aliphatic heterocycles. The summed E-state index contributed by atoms with van der Waals surface area (Å²) >= 11 is 5.40. The van der Waals surface area contributed by atoms with Gasteiger partial charge in [0.15, 0.2) is 0 Å². The molecular formula is C18H19BrS. The van der Waals surface area contributed by atoms with E-state index in [1.165, 1.54) is 34.6 Å². The lowest BCUT2D eigenvalue weighted by atomic mass is 10.1. The van der Waals surface area contributed by atoms with Crippen LogP contribution >= 0.6 is 27.7 Å². The van der Waals surface area contributed by atoms with Gasteiger partial charge in [0.25, 0.3) is 0 Å². The van der Waals surface area contributed by atoms with Gasteiger partial charge in [-0.3, -0.25) is 0 Å². The van der Waals surface area contributed by atoms with Crippen molar-refractivity contribution in [3.05, 3.63) is 65.7 Å². The maximum atomic E-state index is 3.46. The fraction of sp³-hybridized carbons (Fsp3) is 0.222. The number of hydrogen-bond donors (Lipinski definition) is 0. The van der Waals surface area contributed by atoms with Crippen molar-refractivity contribution in [3.8, 4) is 0 Å². The summed E-state index contributed by atoms with van der Waals surface area (Å²) in [6.07, 6.45) is 6.84. The van der Waals surface area contributed by atoms with E-state index >= 15 is 0 Å². The Morgan fingerprint density at radius 1 is 0.800 bits per heavy atom. The maximum Gasteiger partial charge on any atom is 0.00723 e. The minimum absolute atomic E-state index is 1.11. The molecule has 0 spiro atoms. The molecule has 2 rings (SSSR count). The standard InChI is InChI=1S/C18H19BrS/c19-14-4-5-15-20-18-12-10-17(11-13-18)9-8-16-6-2-1-3-7-16/h1-3,6-13H,4-5,14-15H2/b9-8+. The minimum atomic E-state index is 1.11. The molecule has 0 radical (unpaired) electrons. The highest BCUT2D eigenvalue weighted by molar-refractivity contribution is 9.09. The van der Waals surface area contributed by atoms with Crippen LogP contribution in [0.3, 0.4) is 0 Å². The zero-order chi connectivity index (χ0) is 14.0. The Labute approximate surface area is 134 Å². The van der Waals surface area contributed by atoms with Crippen LogP contribution < -0.4 is 0 Å². The first-order chi connectivity index (χ1) is 9.88. The molecule has 2 aromatic rings. The molecule has 104 valence electrons. The summed E-state index contributed by atoms with van der Waals surface area (Å²) in [5.41, 5.74) is 2.49. The third-order valence-electron chi connectivity index (χ3n) is 2.94. The first kappa shape index (κ1) is 15.4. The van der Waals surface area contributed by atoms with Crippen LogP contribution in [0.5, 0.6) is 0 Å². The Bertz CT molecular complexity index is 517. The normalized spacial score (nSPS) is 11.1. The van der Waals surface area contributed by atoms with Gasteiger partial charge < -0.3 is 0 Å². The van der Waals surface area contributed by atoms with E-state index in [-0.39, 0.29) is 0 Å². The fourth-order valence-electron chi connectivity index (χ4n) is 1.82. The molecule has 0 bridgehead atoms. The Kier molecular flexibility index (Phi) is 6.96. The van der Waals surface area contributed by atoms with E-state index in [1.807, 2.05) is 17.8 Å². The monoisotopic (exact) mass is 346 g/mol. The Morgan fingerprint density at radius 2 is 1.45 bits per heavy atom. The SMILES string of the molecule is BrCCCCSc1ccc(/C=C/c2ccccc2)cc1. The number of hydrogen-bond acceptors (Lipinski definition) is 1. The van der Waals surface area contributed by atoms with Crippen molar-refractivity contribution in [3.63, 3.8) is 0 Å². The van der Waals surface area contributed by atoms with Gasteiger partial charge in [0.2, 0.25) is 0 Å². The summed E-state index contributed by atoms with van der Waals surface area (Å²) in [7, 11) is 0. The van der Waals surface area contributed by atoms with Gasteiger partial charge in [0.1, 0.15) is 0 Å². The molecule has 0 N–H and O–H groups in total. The molecular weight excluding hydrogens is 328 g/mol. The van der Waals surface area contributed by atoms with E-state index in [9.17, 15) is 0 Å². The number of thioether (sulfide) groups is 1. The van der Waals surface area contributed by atoms with Crippen LogP contribution in [-0.2, 0) is 0 Å². The molecule has 0 amide bonds. The summed E-state index contributed by atoms with van der Waals surface area (Å²) in [5, 5.41) is 1.11. The van der Waals surface area contributed by atoms with E-state index in [4.69, 9.17) is 0 Å². The van der Waals surface area contributed by atoms with Crippen LogP contribution in [-0.4, -0.2) is 11.1 Å². The van der Waals surface area contributed by atoms with Crippen LogP contribution in [0.1, 0.15) is 24.0 Å². The van der Waals surface area contributed by atoms with E-state index < -0.39 is 0 Å². The third-order valence-corrected chi connectivity index (χ3v) is 4.60. The van der Waals surface area contributed by atoms with Crippen molar-refractivity contribution in [1.29, 1.82) is 0 Å².